The smallest absolute Gasteiger partial charge is 0.127 e. The predicted molar refractivity (Wildman–Crippen MR) is 64.7 cm³/mol. The molecule has 0 atom stereocenters. The van der Waals surface area contributed by atoms with Gasteiger partial charge in [0.2, 0.25) is 0 Å². The Bertz CT molecular complexity index is 477. The number of fused-ring (bicyclic) bond motifs is 1. The zero-order valence-electron chi connectivity index (χ0n) is 8.83. The Balaban J connectivity index is 2.56. The highest BCUT2D eigenvalue weighted by molar-refractivity contribution is 6.31. The lowest BCUT2D eigenvalue weighted by molar-refractivity contribution is 0.245. The van der Waals surface area contributed by atoms with E-state index in [1.54, 1.807) is 0 Å². The summed E-state index contributed by atoms with van der Waals surface area (Å²) in [6, 6.07) is 11.8. The predicted octanol–water partition coefficient (Wildman–Crippen LogP) is 4.28. The number of hydrogen-bond acceptors (Lipinski definition) is 1. The molecule has 0 aliphatic rings. The number of halogens is 1. The van der Waals surface area contributed by atoms with Gasteiger partial charge >= 0.3 is 0 Å². The maximum absolute atomic E-state index is 5.94. The monoisotopic (exact) mass is 220 g/mol. The van der Waals surface area contributed by atoms with Gasteiger partial charge in [0.05, 0.1) is 6.10 Å². The minimum atomic E-state index is 0.186. The van der Waals surface area contributed by atoms with Crippen molar-refractivity contribution < 1.29 is 4.74 Å². The summed E-state index contributed by atoms with van der Waals surface area (Å²) in [5, 5.41) is 2.97. The molecule has 2 heteroatoms. The van der Waals surface area contributed by atoms with Gasteiger partial charge in [0, 0.05) is 10.4 Å². The highest BCUT2D eigenvalue weighted by atomic mass is 35.5. The molecule has 0 unspecified atom stereocenters. The van der Waals surface area contributed by atoms with E-state index in [2.05, 4.69) is 0 Å². The van der Waals surface area contributed by atoms with Gasteiger partial charge in [-0.3, -0.25) is 0 Å². The van der Waals surface area contributed by atoms with E-state index in [1.807, 2.05) is 50.2 Å². The van der Waals surface area contributed by atoms with E-state index < -0.39 is 0 Å². The second-order valence-electron chi connectivity index (χ2n) is 3.79. The molecule has 15 heavy (non-hydrogen) atoms. The molecule has 2 aromatic carbocycles. The van der Waals surface area contributed by atoms with Gasteiger partial charge in [0.15, 0.2) is 0 Å². The van der Waals surface area contributed by atoms with Crippen LogP contribution in [0, 0.1) is 0 Å². The summed E-state index contributed by atoms with van der Waals surface area (Å²) in [7, 11) is 0. The molecule has 1 nitrogen and oxygen atoms in total. The van der Waals surface area contributed by atoms with Crippen molar-refractivity contribution in [3.8, 4) is 5.75 Å². The summed E-state index contributed by atoms with van der Waals surface area (Å²) >= 11 is 5.94. The van der Waals surface area contributed by atoms with Crippen LogP contribution in [-0.4, -0.2) is 6.10 Å². The summed E-state index contributed by atoms with van der Waals surface area (Å²) in [4.78, 5) is 0. The fraction of sp³-hybridized carbons (Fsp3) is 0.231. The highest BCUT2D eigenvalue weighted by Crippen LogP contribution is 2.28. The van der Waals surface area contributed by atoms with Crippen LogP contribution in [0.15, 0.2) is 36.4 Å². The lowest BCUT2D eigenvalue weighted by atomic mass is 10.1. The van der Waals surface area contributed by atoms with Gasteiger partial charge in [-0.1, -0.05) is 23.7 Å². The second-order valence-corrected chi connectivity index (χ2v) is 4.22. The Morgan fingerprint density at radius 2 is 1.93 bits per heavy atom. The SMILES string of the molecule is CC(C)Oc1cccc2cc(Cl)ccc12. The Hall–Kier alpha value is -1.21. The van der Waals surface area contributed by atoms with E-state index in [-0.39, 0.29) is 6.10 Å². The molecule has 0 aromatic heterocycles. The molecule has 0 bridgehead atoms. The maximum Gasteiger partial charge on any atom is 0.127 e. The van der Waals surface area contributed by atoms with E-state index in [9.17, 15) is 0 Å². The van der Waals surface area contributed by atoms with Crippen molar-refractivity contribution in [2.45, 2.75) is 20.0 Å². The lowest BCUT2D eigenvalue weighted by Crippen LogP contribution is -2.05. The average molecular weight is 221 g/mol. The van der Waals surface area contributed by atoms with Crippen molar-refractivity contribution in [2.24, 2.45) is 0 Å². The fourth-order valence-electron chi connectivity index (χ4n) is 1.58. The zero-order valence-corrected chi connectivity index (χ0v) is 9.58. The molecule has 0 heterocycles. The van der Waals surface area contributed by atoms with Crippen molar-refractivity contribution in [1.82, 2.24) is 0 Å². The third kappa shape index (κ3) is 2.24. The van der Waals surface area contributed by atoms with Crippen molar-refractivity contribution in [3.05, 3.63) is 41.4 Å². The van der Waals surface area contributed by atoms with Gasteiger partial charge in [-0.15, -0.1) is 0 Å². The van der Waals surface area contributed by atoms with E-state index in [0.29, 0.717) is 0 Å². The Morgan fingerprint density at radius 1 is 1.13 bits per heavy atom. The number of rotatable bonds is 2. The summed E-state index contributed by atoms with van der Waals surface area (Å²) in [6.07, 6.45) is 0.186. The van der Waals surface area contributed by atoms with Crippen molar-refractivity contribution in [3.63, 3.8) is 0 Å². The largest absolute Gasteiger partial charge is 0.490 e. The molecule has 0 saturated carbocycles. The van der Waals surface area contributed by atoms with Crippen molar-refractivity contribution >= 4 is 22.4 Å². The fourth-order valence-corrected chi connectivity index (χ4v) is 1.76. The summed E-state index contributed by atoms with van der Waals surface area (Å²) in [5.41, 5.74) is 0. The van der Waals surface area contributed by atoms with Crippen LogP contribution in [0.25, 0.3) is 10.8 Å². The van der Waals surface area contributed by atoms with E-state index in [4.69, 9.17) is 16.3 Å². The first-order valence-corrected chi connectivity index (χ1v) is 5.39. The molecule has 0 spiro atoms. The Kier molecular flexibility index (Phi) is 2.83. The van der Waals surface area contributed by atoms with Gasteiger partial charge < -0.3 is 4.74 Å². The molecule has 0 amide bonds. The van der Waals surface area contributed by atoms with Crippen molar-refractivity contribution in [1.29, 1.82) is 0 Å². The third-order valence-corrected chi connectivity index (χ3v) is 2.40. The van der Waals surface area contributed by atoms with Crippen LogP contribution in [0.3, 0.4) is 0 Å². The van der Waals surface area contributed by atoms with E-state index in [1.165, 1.54) is 0 Å². The third-order valence-electron chi connectivity index (χ3n) is 2.17. The number of hydrogen-bond donors (Lipinski definition) is 0. The summed E-state index contributed by atoms with van der Waals surface area (Å²) < 4.78 is 5.72. The molecule has 0 saturated heterocycles. The molecule has 2 aromatic rings. The molecule has 78 valence electrons. The van der Waals surface area contributed by atoms with Crippen molar-refractivity contribution in [2.75, 3.05) is 0 Å². The maximum atomic E-state index is 5.94. The van der Waals surface area contributed by atoms with Crippen LogP contribution in [0.1, 0.15) is 13.8 Å². The van der Waals surface area contributed by atoms with Crippen LogP contribution in [-0.2, 0) is 0 Å². The lowest BCUT2D eigenvalue weighted by Gasteiger charge is -2.12. The quantitative estimate of drug-likeness (QED) is 0.734. The highest BCUT2D eigenvalue weighted by Gasteiger charge is 2.03. The minimum absolute atomic E-state index is 0.186. The van der Waals surface area contributed by atoms with Gasteiger partial charge in [-0.25, -0.2) is 0 Å². The normalized spacial score (nSPS) is 10.9. The first-order valence-electron chi connectivity index (χ1n) is 5.02. The second kappa shape index (κ2) is 4.11. The number of ether oxygens (including phenoxy) is 1. The van der Waals surface area contributed by atoms with E-state index >= 15 is 0 Å². The summed E-state index contributed by atoms with van der Waals surface area (Å²) in [6.45, 7) is 4.05. The van der Waals surface area contributed by atoms with Crippen LogP contribution >= 0.6 is 11.6 Å². The average Bonchev–Trinajstić information content (AvgIpc) is 2.16. The molecule has 0 N–H and O–H groups in total. The molecule has 0 radical (unpaired) electrons. The van der Waals surface area contributed by atoms with Gasteiger partial charge in [-0.05, 0) is 43.5 Å². The topological polar surface area (TPSA) is 9.23 Å². The van der Waals surface area contributed by atoms with Crippen LogP contribution in [0.5, 0.6) is 5.75 Å². The van der Waals surface area contributed by atoms with Crippen LogP contribution in [0.2, 0.25) is 5.02 Å². The molecule has 2 rings (SSSR count). The van der Waals surface area contributed by atoms with E-state index in [0.717, 1.165) is 21.5 Å². The van der Waals surface area contributed by atoms with Gasteiger partial charge in [-0.2, -0.15) is 0 Å². The van der Waals surface area contributed by atoms with Crippen LogP contribution in [0.4, 0.5) is 0 Å². The standard InChI is InChI=1S/C13H13ClO/c1-9(2)15-13-5-3-4-10-8-11(14)6-7-12(10)13/h3-9H,1-2H3. The zero-order chi connectivity index (χ0) is 10.8. The molecule has 0 aliphatic heterocycles. The van der Waals surface area contributed by atoms with Gasteiger partial charge in [0.1, 0.15) is 5.75 Å². The Morgan fingerprint density at radius 3 is 2.67 bits per heavy atom. The minimum Gasteiger partial charge on any atom is -0.490 e. The molecule has 0 fully saturated rings. The first kappa shape index (κ1) is 10.3. The van der Waals surface area contributed by atoms with Crippen LogP contribution < -0.4 is 4.74 Å². The number of benzene rings is 2. The Labute approximate surface area is 94.6 Å². The molecular weight excluding hydrogens is 208 g/mol. The molecular formula is C13H13ClO. The molecule has 0 aliphatic carbocycles. The first-order chi connectivity index (χ1) is 7.16. The summed E-state index contributed by atoms with van der Waals surface area (Å²) in [5.74, 6) is 0.916. The van der Waals surface area contributed by atoms with Gasteiger partial charge in [0.25, 0.3) is 0 Å².